The molecule has 5 aromatic rings. The van der Waals surface area contributed by atoms with Gasteiger partial charge in [0.1, 0.15) is 0 Å². The van der Waals surface area contributed by atoms with Gasteiger partial charge in [-0.3, -0.25) is 0 Å². The predicted molar refractivity (Wildman–Crippen MR) is 104 cm³/mol. The van der Waals surface area contributed by atoms with Crippen LogP contribution in [0.1, 0.15) is 11.4 Å². The molecule has 0 saturated heterocycles. The number of nitrogens with zero attached hydrogens (tertiary/aromatic N) is 2. The molecular weight excluding hydrogens is 292 g/mol. The summed E-state index contributed by atoms with van der Waals surface area (Å²) in [6.07, 6.45) is 0. The van der Waals surface area contributed by atoms with Crippen molar-refractivity contribution in [1.82, 2.24) is 9.13 Å². The highest BCUT2D eigenvalue weighted by Gasteiger charge is 2.12. The lowest BCUT2D eigenvalue weighted by atomic mass is 9.99. The van der Waals surface area contributed by atoms with Crippen molar-refractivity contribution in [3.8, 4) is 0 Å². The molecule has 0 fully saturated rings. The van der Waals surface area contributed by atoms with Gasteiger partial charge in [0.05, 0.1) is 11.0 Å². The highest BCUT2D eigenvalue weighted by molar-refractivity contribution is 6.21. The van der Waals surface area contributed by atoms with Gasteiger partial charge in [-0.2, -0.15) is 0 Å². The molecule has 0 spiro atoms. The van der Waals surface area contributed by atoms with Gasteiger partial charge in [0.15, 0.2) is 0 Å². The Balaban J connectivity index is 2.04. The molecule has 0 amide bonds. The molecule has 0 radical (unpaired) electrons. The minimum absolute atomic E-state index is 1.30. The number of aryl methyl sites for hydroxylation is 4. The van der Waals surface area contributed by atoms with Crippen LogP contribution in [0.4, 0.5) is 0 Å². The lowest BCUT2D eigenvalue weighted by Gasteiger charge is -2.10. The van der Waals surface area contributed by atoms with Gasteiger partial charge in [-0.1, -0.05) is 36.4 Å². The van der Waals surface area contributed by atoms with E-state index in [1.165, 1.54) is 54.7 Å². The van der Waals surface area contributed by atoms with E-state index >= 15 is 0 Å². The molecule has 0 aliphatic carbocycles. The minimum Gasteiger partial charge on any atom is -0.347 e. The van der Waals surface area contributed by atoms with Crippen molar-refractivity contribution >= 4 is 43.4 Å². The van der Waals surface area contributed by atoms with Gasteiger partial charge < -0.3 is 9.13 Å². The van der Waals surface area contributed by atoms with Crippen molar-refractivity contribution in [1.29, 1.82) is 0 Å². The Morgan fingerprint density at radius 2 is 0.917 bits per heavy atom. The second-order valence-corrected chi connectivity index (χ2v) is 6.95. The third kappa shape index (κ3) is 1.56. The Morgan fingerprint density at radius 1 is 0.542 bits per heavy atom. The fourth-order valence-electron chi connectivity index (χ4n) is 4.20. The maximum absolute atomic E-state index is 2.30. The molecule has 0 bridgehead atoms. The normalized spacial score (nSPS) is 12.2. The van der Waals surface area contributed by atoms with E-state index in [4.69, 9.17) is 0 Å². The van der Waals surface area contributed by atoms with Crippen LogP contribution >= 0.6 is 0 Å². The summed E-state index contributed by atoms with van der Waals surface area (Å²) < 4.78 is 4.60. The molecule has 2 heteroatoms. The Labute approximate surface area is 140 Å². The summed E-state index contributed by atoms with van der Waals surface area (Å²) in [6, 6.07) is 18.2. The topological polar surface area (TPSA) is 9.86 Å². The summed E-state index contributed by atoms with van der Waals surface area (Å²) in [5, 5.41) is 7.97. The highest BCUT2D eigenvalue weighted by atomic mass is 14.9. The van der Waals surface area contributed by atoms with E-state index in [0.29, 0.717) is 0 Å². The maximum atomic E-state index is 2.30. The van der Waals surface area contributed by atoms with Crippen LogP contribution in [0, 0.1) is 13.8 Å². The average Bonchev–Trinajstić information content (AvgIpc) is 3.04. The van der Waals surface area contributed by atoms with E-state index in [1.54, 1.807) is 0 Å². The Kier molecular flexibility index (Phi) is 2.52. The molecule has 118 valence electrons. The minimum atomic E-state index is 1.30. The molecule has 0 aliphatic heterocycles. The van der Waals surface area contributed by atoms with Crippen LogP contribution in [0.5, 0.6) is 0 Å². The van der Waals surface area contributed by atoms with E-state index in [2.05, 4.69) is 85.6 Å². The third-order valence-electron chi connectivity index (χ3n) is 5.66. The molecular formula is C22H20N2. The number of fused-ring (bicyclic) bond motifs is 7. The molecule has 0 saturated carbocycles. The van der Waals surface area contributed by atoms with Gasteiger partial charge in [-0.05, 0) is 36.8 Å². The third-order valence-corrected chi connectivity index (χ3v) is 5.66. The van der Waals surface area contributed by atoms with E-state index in [9.17, 15) is 0 Å². The summed E-state index contributed by atoms with van der Waals surface area (Å²) in [4.78, 5) is 0. The van der Waals surface area contributed by atoms with Crippen LogP contribution in [-0.4, -0.2) is 9.13 Å². The SMILES string of the molecule is Cc1cc2ccc3c4ccc5cc(C)n(C)c5c4ccc3c2n1C. The van der Waals surface area contributed by atoms with Crippen LogP contribution in [0.15, 0.2) is 48.5 Å². The number of aromatic nitrogens is 2. The fraction of sp³-hybridized carbons (Fsp3) is 0.182. The monoisotopic (exact) mass is 312 g/mol. The van der Waals surface area contributed by atoms with E-state index in [-0.39, 0.29) is 0 Å². The first kappa shape index (κ1) is 13.7. The molecule has 2 heterocycles. The number of hydrogen-bond donors (Lipinski definition) is 0. The Bertz CT molecular complexity index is 1180. The van der Waals surface area contributed by atoms with E-state index < -0.39 is 0 Å². The summed E-state index contributed by atoms with van der Waals surface area (Å²) in [7, 11) is 4.32. The van der Waals surface area contributed by atoms with Crippen LogP contribution in [0.3, 0.4) is 0 Å². The fourth-order valence-corrected chi connectivity index (χ4v) is 4.20. The quantitative estimate of drug-likeness (QED) is 0.330. The van der Waals surface area contributed by atoms with Crippen molar-refractivity contribution in [2.24, 2.45) is 14.1 Å². The van der Waals surface area contributed by atoms with E-state index in [0.717, 1.165) is 0 Å². The maximum Gasteiger partial charge on any atom is 0.0559 e. The summed E-state index contributed by atoms with van der Waals surface area (Å²) in [5.74, 6) is 0. The average molecular weight is 312 g/mol. The van der Waals surface area contributed by atoms with Gasteiger partial charge in [0, 0.05) is 47.0 Å². The Morgan fingerprint density at radius 3 is 1.33 bits per heavy atom. The molecule has 2 nitrogen and oxygen atoms in total. The first-order chi connectivity index (χ1) is 11.6. The largest absolute Gasteiger partial charge is 0.347 e. The molecule has 2 aromatic heterocycles. The molecule has 5 rings (SSSR count). The second kappa shape index (κ2) is 4.41. The molecule has 0 N–H and O–H groups in total. The zero-order valence-corrected chi connectivity index (χ0v) is 14.5. The van der Waals surface area contributed by atoms with Crippen LogP contribution in [-0.2, 0) is 14.1 Å². The number of hydrogen-bond acceptors (Lipinski definition) is 0. The van der Waals surface area contributed by atoms with Crippen molar-refractivity contribution < 1.29 is 0 Å². The van der Waals surface area contributed by atoms with Gasteiger partial charge in [-0.15, -0.1) is 0 Å². The number of benzene rings is 3. The van der Waals surface area contributed by atoms with Gasteiger partial charge in [-0.25, -0.2) is 0 Å². The lowest BCUT2D eigenvalue weighted by molar-refractivity contribution is 0.921. The standard InChI is InChI=1S/C22H20N2/c1-13-11-15-5-7-17-18-8-6-16-12-14(2)24(4)22(16)20(18)10-9-19(17)21(15)23(13)3/h5-12H,1-4H3. The first-order valence-electron chi connectivity index (χ1n) is 8.43. The van der Waals surface area contributed by atoms with Gasteiger partial charge >= 0.3 is 0 Å². The van der Waals surface area contributed by atoms with Crippen LogP contribution in [0.25, 0.3) is 43.4 Å². The van der Waals surface area contributed by atoms with Gasteiger partial charge in [0.2, 0.25) is 0 Å². The Hall–Kier alpha value is -2.74. The summed E-state index contributed by atoms with van der Waals surface area (Å²) in [6.45, 7) is 4.34. The van der Waals surface area contributed by atoms with Gasteiger partial charge in [0.25, 0.3) is 0 Å². The lowest BCUT2D eigenvalue weighted by Crippen LogP contribution is -1.92. The molecule has 0 aliphatic rings. The second-order valence-electron chi connectivity index (χ2n) is 6.95. The number of rotatable bonds is 0. The van der Waals surface area contributed by atoms with Crippen LogP contribution in [0.2, 0.25) is 0 Å². The summed E-state index contributed by atoms with van der Waals surface area (Å²) >= 11 is 0. The zero-order chi connectivity index (χ0) is 16.6. The molecule has 3 aromatic carbocycles. The van der Waals surface area contributed by atoms with Crippen molar-refractivity contribution in [3.63, 3.8) is 0 Å². The predicted octanol–water partition coefficient (Wildman–Crippen LogP) is 5.59. The summed E-state index contributed by atoms with van der Waals surface area (Å²) in [5.41, 5.74) is 5.25. The van der Waals surface area contributed by atoms with E-state index in [1.807, 2.05) is 0 Å². The smallest absolute Gasteiger partial charge is 0.0559 e. The molecule has 0 atom stereocenters. The zero-order valence-electron chi connectivity index (χ0n) is 14.5. The van der Waals surface area contributed by atoms with Crippen LogP contribution < -0.4 is 0 Å². The molecule has 24 heavy (non-hydrogen) atoms. The van der Waals surface area contributed by atoms with Crippen molar-refractivity contribution in [2.75, 3.05) is 0 Å². The van der Waals surface area contributed by atoms with Crippen molar-refractivity contribution in [3.05, 3.63) is 59.9 Å². The highest BCUT2D eigenvalue weighted by Crippen LogP contribution is 2.36. The first-order valence-corrected chi connectivity index (χ1v) is 8.43. The molecule has 0 unspecified atom stereocenters. The van der Waals surface area contributed by atoms with Crippen molar-refractivity contribution in [2.45, 2.75) is 13.8 Å².